The molecular weight excluding hydrogens is 380 g/mol. The first-order chi connectivity index (χ1) is 13.1. The number of sulfonamides is 1. The highest BCUT2D eigenvalue weighted by Gasteiger charge is 2.30. The van der Waals surface area contributed by atoms with Gasteiger partial charge in [-0.05, 0) is 50.6 Å². The number of benzene rings is 2. The van der Waals surface area contributed by atoms with Crippen LogP contribution in [0.3, 0.4) is 0 Å². The number of nitrogens with zero attached hydrogens (tertiary/aromatic N) is 1. The monoisotopic (exact) mass is 404 g/mol. The number of anilines is 2. The molecule has 1 atom stereocenters. The largest absolute Gasteiger partial charge is 0.462 e. The summed E-state index contributed by atoms with van der Waals surface area (Å²) in [5, 5.41) is 2.64. The zero-order valence-corrected chi connectivity index (χ0v) is 17.1. The Morgan fingerprint density at radius 3 is 2.43 bits per heavy atom. The van der Waals surface area contributed by atoms with Gasteiger partial charge < -0.3 is 10.1 Å². The number of nitrogens with one attached hydrogen (secondary N) is 1. The topological polar surface area (TPSA) is 92.8 Å². The minimum atomic E-state index is -3.73. The van der Waals surface area contributed by atoms with E-state index >= 15 is 0 Å². The fraction of sp³-hybridized carbons (Fsp3) is 0.300. The van der Waals surface area contributed by atoms with E-state index in [4.69, 9.17) is 4.74 Å². The first-order valence-corrected chi connectivity index (χ1v) is 10.6. The third-order valence-electron chi connectivity index (χ3n) is 4.02. The molecule has 0 aliphatic heterocycles. The Balaban J connectivity index is 2.34. The van der Waals surface area contributed by atoms with Gasteiger partial charge >= 0.3 is 5.97 Å². The molecule has 0 heterocycles. The zero-order chi connectivity index (χ0) is 20.9. The van der Waals surface area contributed by atoms with Crippen molar-refractivity contribution in [1.29, 1.82) is 0 Å². The summed E-state index contributed by atoms with van der Waals surface area (Å²) >= 11 is 0. The van der Waals surface area contributed by atoms with Crippen LogP contribution in [0, 0.1) is 6.92 Å². The number of esters is 1. The smallest absolute Gasteiger partial charge is 0.340 e. The molecule has 0 aliphatic carbocycles. The molecule has 0 aromatic heterocycles. The molecule has 2 rings (SSSR count). The van der Waals surface area contributed by atoms with Crippen LogP contribution in [0.15, 0.2) is 48.5 Å². The molecule has 0 saturated heterocycles. The predicted molar refractivity (Wildman–Crippen MR) is 109 cm³/mol. The van der Waals surface area contributed by atoms with Gasteiger partial charge in [-0.25, -0.2) is 13.2 Å². The highest BCUT2D eigenvalue weighted by molar-refractivity contribution is 7.92. The SMILES string of the molecule is CCOC(=O)c1ccccc1NC(=O)C(C)N(c1cccc(C)c1)S(C)(=O)=O. The molecule has 8 heteroatoms. The van der Waals surface area contributed by atoms with E-state index in [1.165, 1.54) is 13.0 Å². The van der Waals surface area contributed by atoms with E-state index in [2.05, 4.69) is 5.32 Å². The van der Waals surface area contributed by atoms with Gasteiger partial charge in [0.25, 0.3) is 0 Å². The van der Waals surface area contributed by atoms with Crippen LogP contribution < -0.4 is 9.62 Å². The van der Waals surface area contributed by atoms with E-state index < -0.39 is 27.9 Å². The van der Waals surface area contributed by atoms with Crippen molar-refractivity contribution in [1.82, 2.24) is 0 Å². The standard InChI is InChI=1S/C20H24N2O5S/c1-5-27-20(24)17-11-6-7-12-18(17)21-19(23)15(3)22(28(4,25)26)16-10-8-9-14(2)13-16/h6-13,15H,5H2,1-4H3,(H,21,23). The van der Waals surface area contributed by atoms with Crippen LogP contribution in [0.2, 0.25) is 0 Å². The fourth-order valence-corrected chi connectivity index (χ4v) is 3.96. The molecule has 2 aromatic rings. The number of para-hydroxylation sites is 1. The number of rotatable bonds is 7. The van der Waals surface area contributed by atoms with Crippen LogP contribution in [0.5, 0.6) is 0 Å². The maximum Gasteiger partial charge on any atom is 0.340 e. The second-order valence-electron chi connectivity index (χ2n) is 6.33. The van der Waals surface area contributed by atoms with Gasteiger partial charge in [0.05, 0.1) is 29.8 Å². The second kappa shape index (κ2) is 8.88. The molecular formula is C20H24N2O5S. The molecule has 0 saturated carbocycles. The van der Waals surface area contributed by atoms with Gasteiger partial charge in [-0.1, -0.05) is 24.3 Å². The summed E-state index contributed by atoms with van der Waals surface area (Å²) in [6, 6.07) is 12.3. The Hall–Kier alpha value is -2.87. The first-order valence-electron chi connectivity index (χ1n) is 8.78. The van der Waals surface area contributed by atoms with E-state index in [1.807, 2.05) is 13.0 Å². The Morgan fingerprint density at radius 1 is 1.14 bits per heavy atom. The molecule has 0 radical (unpaired) electrons. The van der Waals surface area contributed by atoms with Gasteiger partial charge in [-0.2, -0.15) is 0 Å². The van der Waals surface area contributed by atoms with E-state index in [-0.39, 0.29) is 17.9 Å². The number of amides is 1. The zero-order valence-electron chi connectivity index (χ0n) is 16.3. The van der Waals surface area contributed by atoms with E-state index in [1.54, 1.807) is 43.3 Å². The summed E-state index contributed by atoms with van der Waals surface area (Å²) in [5.41, 5.74) is 1.72. The normalized spacial score (nSPS) is 12.1. The van der Waals surface area contributed by atoms with E-state index in [9.17, 15) is 18.0 Å². The van der Waals surface area contributed by atoms with Crippen LogP contribution in [0.1, 0.15) is 29.8 Å². The van der Waals surface area contributed by atoms with Crippen molar-refractivity contribution in [3.8, 4) is 0 Å². The quantitative estimate of drug-likeness (QED) is 0.716. The number of carbonyl (C=O) groups excluding carboxylic acids is 2. The number of aryl methyl sites for hydroxylation is 1. The van der Waals surface area contributed by atoms with Crippen molar-refractivity contribution >= 4 is 33.3 Å². The van der Waals surface area contributed by atoms with Gasteiger partial charge in [0.2, 0.25) is 15.9 Å². The van der Waals surface area contributed by atoms with E-state index in [0.29, 0.717) is 5.69 Å². The molecule has 28 heavy (non-hydrogen) atoms. The third-order valence-corrected chi connectivity index (χ3v) is 5.27. The van der Waals surface area contributed by atoms with Gasteiger partial charge in [0, 0.05) is 0 Å². The second-order valence-corrected chi connectivity index (χ2v) is 8.19. The molecule has 150 valence electrons. The fourth-order valence-electron chi connectivity index (χ4n) is 2.79. The third kappa shape index (κ3) is 5.10. The molecule has 0 bridgehead atoms. The maximum atomic E-state index is 12.8. The maximum absolute atomic E-state index is 12.8. The Morgan fingerprint density at radius 2 is 1.82 bits per heavy atom. The first kappa shape index (κ1) is 21.4. The van der Waals surface area contributed by atoms with Crippen molar-refractivity contribution in [2.45, 2.75) is 26.8 Å². The van der Waals surface area contributed by atoms with Gasteiger partial charge in [-0.15, -0.1) is 0 Å². The van der Waals surface area contributed by atoms with E-state index in [0.717, 1.165) is 16.1 Å². The van der Waals surface area contributed by atoms with Gasteiger partial charge in [-0.3, -0.25) is 9.10 Å². The molecule has 1 unspecified atom stereocenters. The lowest BCUT2D eigenvalue weighted by atomic mass is 10.1. The summed E-state index contributed by atoms with van der Waals surface area (Å²) in [4.78, 5) is 24.9. The van der Waals surface area contributed by atoms with Crippen molar-refractivity contribution in [3.63, 3.8) is 0 Å². The lowest BCUT2D eigenvalue weighted by Gasteiger charge is -2.28. The number of carbonyl (C=O) groups is 2. The minimum absolute atomic E-state index is 0.200. The Labute approximate surface area is 165 Å². The Kier molecular flexibility index (Phi) is 6.80. The number of hydrogen-bond acceptors (Lipinski definition) is 5. The summed E-state index contributed by atoms with van der Waals surface area (Å²) < 4.78 is 30.8. The van der Waals surface area contributed by atoms with Crippen molar-refractivity contribution in [3.05, 3.63) is 59.7 Å². The summed E-state index contributed by atoms with van der Waals surface area (Å²) in [7, 11) is -3.73. The van der Waals surface area contributed by atoms with Crippen LogP contribution in [0.4, 0.5) is 11.4 Å². The van der Waals surface area contributed by atoms with Gasteiger partial charge in [0.1, 0.15) is 6.04 Å². The van der Waals surface area contributed by atoms with Gasteiger partial charge in [0.15, 0.2) is 0 Å². The highest BCUT2D eigenvalue weighted by Crippen LogP contribution is 2.23. The van der Waals surface area contributed by atoms with Crippen LogP contribution >= 0.6 is 0 Å². The van der Waals surface area contributed by atoms with Crippen LogP contribution in [0.25, 0.3) is 0 Å². The summed E-state index contributed by atoms with van der Waals surface area (Å²) in [6.45, 7) is 5.22. The molecule has 1 amide bonds. The molecule has 0 fully saturated rings. The van der Waals surface area contributed by atoms with Crippen molar-refractivity contribution < 1.29 is 22.7 Å². The Bertz CT molecular complexity index is 972. The molecule has 0 aliphatic rings. The van der Waals surface area contributed by atoms with Crippen LogP contribution in [-0.2, 0) is 19.6 Å². The summed E-state index contributed by atoms with van der Waals surface area (Å²) in [5.74, 6) is -1.13. The minimum Gasteiger partial charge on any atom is -0.462 e. The number of ether oxygens (including phenoxy) is 1. The molecule has 7 nitrogen and oxygen atoms in total. The average molecular weight is 404 g/mol. The van der Waals surface area contributed by atoms with Crippen LogP contribution in [-0.4, -0.2) is 39.2 Å². The average Bonchev–Trinajstić information content (AvgIpc) is 2.61. The predicted octanol–water partition coefficient (Wildman–Crippen LogP) is 2.96. The molecule has 2 aromatic carbocycles. The molecule has 0 spiro atoms. The lowest BCUT2D eigenvalue weighted by molar-refractivity contribution is -0.116. The summed E-state index contributed by atoms with van der Waals surface area (Å²) in [6.07, 6.45) is 1.05. The highest BCUT2D eigenvalue weighted by atomic mass is 32.2. The lowest BCUT2D eigenvalue weighted by Crippen LogP contribution is -2.45. The number of hydrogen-bond donors (Lipinski definition) is 1. The van der Waals surface area contributed by atoms with Crippen molar-refractivity contribution in [2.24, 2.45) is 0 Å². The molecule has 1 N–H and O–H groups in total. The van der Waals surface area contributed by atoms with Crippen molar-refractivity contribution in [2.75, 3.05) is 22.5 Å².